The molecule has 1 amide bonds. The lowest BCUT2D eigenvalue weighted by molar-refractivity contribution is -0.119. The van der Waals surface area contributed by atoms with Crippen molar-refractivity contribution < 1.29 is 9.53 Å². The number of nitrogens with one attached hydrogen (secondary N) is 1. The highest BCUT2D eigenvalue weighted by atomic mass is 16.5. The van der Waals surface area contributed by atoms with Gasteiger partial charge in [-0.1, -0.05) is 34.1 Å². The third-order valence-electron chi connectivity index (χ3n) is 3.31. The summed E-state index contributed by atoms with van der Waals surface area (Å²) in [5.41, 5.74) is 0. The molecule has 0 saturated carbocycles. The quantitative estimate of drug-likeness (QED) is 0.791. The second-order valence-corrected chi connectivity index (χ2v) is 5.63. The van der Waals surface area contributed by atoms with Gasteiger partial charge in [0.25, 0.3) is 0 Å². The topological polar surface area (TPSA) is 50.7 Å². The summed E-state index contributed by atoms with van der Waals surface area (Å²) in [5, 5.41) is 2.95. The Morgan fingerprint density at radius 3 is 2.67 bits per heavy atom. The van der Waals surface area contributed by atoms with Crippen molar-refractivity contribution in [3.63, 3.8) is 0 Å². The van der Waals surface area contributed by atoms with Crippen LogP contribution in [-0.4, -0.2) is 30.5 Å². The van der Waals surface area contributed by atoms with Crippen molar-refractivity contribution in [3.05, 3.63) is 0 Å². The molecule has 1 N–H and O–H groups in total. The monoisotopic (exact) mass is 254 g/mol. The number of hydrogen-bond acceptors (Lipinski definition) is 3. The summed E-state index contributed by atoms with van der Waals surface area (Å²) in [6.07, 6.45) is 2.03. The molecule has 0 bridgehead atoms. The van der Waals surface area contributed by atoms with E-state index in [1.807, 2.05) is 0 Å². The molecular weight excluding hydrogens is 228 g/mol. The fraction of sp³-hybridized carbons (Fsp3) is 0.857. The fourth-order valence-corrected chi connectivity index (χ4v) is 2.17. The maximum atomic E-state index is 11.3. The summed E-state index contributed by atoms with van der Waals surface area (Å²) >= 11 is 0. The lowest BCUT2D eigenvalue weighted by Gasteiger charge is -2.22. The summed E-state index contributed by atoms with van der Waals surface area (Å²) in [4.78, 5) is 15.9. The average Bonchev–Trinajstić information content (AvgIpc) is 2.72. The Morgan fingerprint density at radius 2 is 2.17 bits per heavy atom. The second kappa shape index (κ2) is 6.76. The Labute approximate surface area is 110 Å². The van der Waals surface area contributed by atoms with E-state index in [2.05, 4.69) is 38.0 Å². The molecule has 104 valence electrons. The lowest BCUT2D eigenvalue weighted by atomic mass is 9.99. The molecule has 0 aromatic heterocycles. The van der Waals surface area contributed by atoms with Crippen LogP contribution in [0.5, 0.6) is 0 Å². The van der Waals surface area contributed by atoms with Crippen LogP contribution in [0.15, 0.2) is 4.99 Å². The minimum Gasteiger partial charge on any atom is -0.477 e. The standard InChI is InChI=1S/C14H26N2O2/c1-6-10(4)13(15-11(5)17)14-16-12(8-18-14)7-9(2)3/h9-10,12-13H,6-8H2,1-5H3,(H,15,17)/t10-,12?,13-/m0/s1. The molecule has 4 heteroatoms. The molecule has 1 rings (SSSR count). The average molecular weight is 254 g/mol. The van der Waals surface area contributed by atoms with Crippen molar-refractivity contribution in [1.82, 2.24) is 5.32 Å². The zero-order chi connectivity index (χ0) is 13.7. The third-order valence-corrected chi connectivity index (χ3v) is 3.31. The molecule has 3 atom stereocenters. The van der Waals surface area contributed by atoms with Gasteiger partial charge in [-0.25, -0.2) is 4.99 Å². The number of carbonyl (C=O) groups excluding carboxylic acids is 1. The Morgan fingerprint density at radius 1 is 1.50 bits per heavy atom. The summed E-state index contributed by atoms with van der Waals surface area (Å²) in [6, 6.07) is 0.171. The molecule has 0 spiro atoms. The van der Waals surface area contributed by atoms with E-state index in [0.717, 1.165) is 12.8 Å². The van der Waals surface area contributed by atoms with Crippen LogP contribution in [0.25, 0.3) is 0 Å². The van der Waals surface area contributed by atoms with Crippen LogP contribution in [-0.2, 0) is 9.53 Å². The highest BCUT2D eigenvalue weighted by Gasteiger charge is 2.30. The Hall–Kier alpha value is -1.06. The minimum absolute atomic E-state index is 0.0288. The van der Waals surface area contributed by atoms with Crippen molar-refractivity contribution in [1.29, 1.82) is 0 Å². The summed E-state index contributed by atoms with van der Waals surface area (Å²) in [5.74, 6) is 1.64. The molecule has 4 nitrogen and oxygen atoms in total. The molecule has 1 aliphatic rings. The molecule has 0 saturated heterocycles. The van der Waals surface area contributed by atoms with E-state index in [0.29, 0.717) is 24.3 Å². The van der Waals surface area contributed by atoms with Gasteiger partial charge in [0.05, 0.1) is 6.04 Å². The van der Waals surface area contributed by atoms with E-state index in [9.17, 15) is 4.79 Å². The van der Waals surface area contributed by atoms with Gasteiger partial charge in [0.2, 0.25) is 11.8 Å². The summed E-state index contributed by atoms with van der Waals surface area (Å²) < 4.78 is 5.69. The molecule has 1 unspecified atom stereocenters. The molecule has 0 aromatic carbocycles. The van der Waals surface area contributed by atoms with Crippen molar-refractivity contribution in [3.8, 4) is 0 Å². The Bertz CT molecular complexity index is 313. The first-order chi connectivity index (χ1) is 8.43. The van der Waals surface area contributed by atoms with Crippen LogP contribution < -0.4 is 5.32 Å². The molecule has 0 radical (unpaired) electrons. The van der Waals surface area contributed by atoms with Crippen molar-refractivity contribution in [2.24, 2.45) is 16.8 Å². The second-order valence-electron chi connectivity index (χ2n) is 5.63. The van der Waals surface area contributed by atoms with Gasteiger partial charge in [0, 0.05) is 6.92 Å². The maximum Gasteiger partial charge on any atom is 0.217 e. The number of ether oxygens (including phenoxy) is 1. The van der Waals surface area contributed by atoms with Gasteiger partial charge < -0.3 is 10.1 Å². The van der Waals surface area contributed by atoms with Crippen molar-refractivity contribution in [2.45, 2.75) is 59.5 Å². The molecule has 0 aromatic rings. The zero-order valence-corrected chi connectivity index (χ0v) is 12.2. The molecule has 1 heterocycles. The zero-order valence-electron chi connectivity index (χ0n) is 12.2. The van der Waals surface area contributed by atoms with Crippen LogP contribution in [0.2, 0.25) is 0 Å². The number of hydrogen-bond donors (Lipinski definition) is 1. The van der Waals surface area contributed by atoms with Crippen LogP contribution >= 0.6 is 0 Å². The van der Waals surface area contributed by atoms with E-state index >= 15 is 0 Å². The minimum atomic E-state index is -0.0790. The van der Waals surface area contributed by atoms with Gasteiger partial charge in [0.15, 0.2) is 0 Å². The third kappa shape index (κ3) is 4.31. The highest BCUT2D eigenvalue weighted by Crippen LogP contribution is 2.19. The van der Waals surface area contributed by atoms with Gasteiger partial charge in [-0.05, 0) is 18.3 Å². The van der Waals surface area contributed by atoms with Crippen LogP contribution in [0.3, 0.4) is 0 Å². The van der Waals surface area contributed by atoms with Crippen molar-refractivity contribution in [2.75, 3.05) is 6.61 Å². The lowest BCUT2D eigenvalue weighted by Crippen LogP contribution is -2.44. The van der Waals surface area contributed by atoms with Gasteiger partial charge in [0.1, 0.15) is 12.6 Å². The largest absolute Gasteiger partial charge is 0.477 e. The van der Waals surface area contributed by atoms with E-state index in [1.165, 1.54) is 6.92 Å². The smallest absolute Gasteiger partial charge is 0.217 e. The Balaban J connectivity index is 2.71. The first-order valence-corrected chi connectivity index (χ1v) is 6.91. The molecule has 0 fully saturated rings. The number of amides is 1. The number of rotatable bonds is 6. The molecule has 1 aliphatic heterocycles. The van der Waals surface area contributed by atoms with Gasteiger partial charge in [-0.15, -0.1) is 0 Å². The van der Waals surface area contributed by atoms with Gasteiger partial charge in [-0.3, -0.25) is 4.79 Å². The first-order valence-electron chi connectivity index (χ1n) is 6.91. The van der Waals surface area contributed by atoms with Crippen LogP contribution in [0.1, 0.15) is 47.5 Å². The summed E-state index contributed by atoms with van der Waals surface area (Å²) in [7, 11) is 0. The summed E-state index contributed by atoms with van der Waals surface area (Å²) in [6.45, 7) is 10.8. The van der Waals surface area contributed by atoms with E-state index in [1.54, 1.807) is 0 Å². The van der Waals surface area contributed by atoms with E-state index in [4.69, 9.17) is 4.74 Å². The molecule has 18 heavy (non-hydrogen) atoms. The SMILES string of the molecule is CC[C@H](C)[C@H](NC(C)=O)C1=NC(CC(C)C)CO1. The molecular formula is C14H26N2O2. The Kier molecular flexibility index (Phi) is 5.63. The van der Waals surface area contributed by atoms with Crippen molar-refractivity contribution >= 4 is 11.8 Å². The first kappa shape index (κ1) is 15.0. The van der Waals surface area contributed by atoms with Gasteiger partial charge in [-0.2, -0.15) is 0 Å². The number of carbonyl (C=O) groups is 1. The number of nitrogens with zero attached hydrogens (tertiary/aromatic N) is 1. The fourth-order valence-electron chi connectivity index (χ4n) is 2.17. The number of aliphatic imine (C=N–C) groups is 1. The van der Waals surface area contributed by atoms with E-state index in [-0.39, 0.29) is 18.0 Å². The van der Waals surface area contributed by atoms with Gasteiger partial charge >= 0.3 is 0 Å². The maximum absolute atomic E-state index is 11.3. The van der Waals surface area contributed by atoms with Crippen LogP contribution in [0.4, 0.5) is 0 Å². The van der Waals surface area contributed by atoms with E-state index < -0.39 is 0 Å². The van der Waals surface area contributed by atoms with Crippen LogP contribution in [0, 0.1) is 11.8 Å². The normalized spacial score (nSPS) is 22.3. The highest BCUT2D eigenvalue weighted by molar-refractivity contribution is 5.88. The predicted molar refractivity (Wildman–Crippen MR) is 73.7 cm³/mol. The molecule has 0 aliphatic carbocycles. The predicted octanol–water partition coefficient (Wildman–Crippen LogP) is 2.38.